The fraction of sp³-hybridized carbons (Fsp3) is 0.0606. The number of halogens is 1. The molecule has 1 aromatic heterocycles. The summed E-state index contributed by atoms with van der Waals surface area (Å²) in [5.41, 5.74) is 3.68. The van der Waals surface area contributed by atoms with Gasteiger partial charge in [0.05, 0.1) is 16.6 Å². The van der Waals surface area contributed by atoms with Crippen LogP contribution >= 0.6 is 11.6 Å². The molecule has 0 radical (unpaired) electrons. The zero-order chi connectivity index (χ0) is 28.0. The monoisotopic (exact) mass is 545 g/mol. The predicted molar refractivity (Wildman–Crippen MR) is 162 cm³/mol. The predicted octanol–water partition coefficient (Wildman–Crippen LogP) is 6.52. The van der Waals surface area contributed by atoms with Crippen molar-refractivity contribution in [1.29, 1.82) is 0 Å². The van der Waals surface area contributed by atoms with Crippen LogP contribution in [0.1, 0.15) is 10.4 Å². The van der Waals surface area contributed by atoms with E-state index in [1.54, 1.807) is 44.4 Å². The molecule has 0 fully saturated rings. The van der Waals surface area contributed by atoms with Crippen LogP contribution in [0.4, 0.5) is 0 Å². The summed E-state index contributed by atoms with van der Waals surface area (Å²) >= 11 is 6.73. The second kappa shape index (κ2) is 9.98. The first-order valence-corrected chi connectivity index (χ1v) is 13.1. The molecule has 0 unspecified atom stereocenters. The summed E-state index contributed by atoms with van der Waals surface area (Å²) in [6.45, 7) is 0. The standard InChI is InChI=1S/C33H24ClN3O3/c1-36(2)31(38)23-11-5-10-21(18-23)25-13-7-14-27(34)30(25)22-16-17-26-28(19-22)35-33(40)37(32(26)39)29-15-6-9-20-8-3-4-12-24(20)29/h3-19H,1-2H3,(H,35,40). The lowest BCUT2D eigenvalue weighted by Gasteiger charge is -2.15. The van der Waals surface area contributed by atoms with E-state index in [1.807, 2.05) is 72.8 Å². The van der Waals surface area contributed by atoms with E-state index in [1.165, 1.54) is 9.47 Å². The van der Waals surface area contributed by atoms with Gasteiger partial charge in [-0.05, 0) is 58.5 Å². The van der Waals surface area contributed by atoms with E-state index in [4.69, 9.17) is 11.6 Å². The lowest BCUT2D eigenvalue weighted by molar-refractivity contribution is 0.0827. The molecule has 196 valence electrons. The molecular weight excluding hydrogens is 522 g/mol. The Hall–Kier alpha value is -4.94. The van der Waals surface area contributed by atoms with Gasteiger partial charge in [0.25, 0.3) is 11.5 Å². The Morgan fingerprint density at radius 3 is 2.35 bits per heavy atom. The number of aromatic nitrogens is 2. The smallest absolute Gasteiger partial charge is 0.333 e. The van der Waals surface area contributed by atoms with Gasteiger partial charge in [0.2, 0.25) is 0 Å². The van der Waals surface area contributed by atoms with E-state index in [2.05, 4.69) is 4.98 Å². The lowest BCUT2D eigenvalue weighted by atomic mass is 9.93. The lowest BCUT2D eigenvalue weighted by Crippen LogP contribution is -2.33. The van der Waals surface area contributed by atoms with Crippen molar-refractivity contribution in [3.8, 4) is 27.9 Å². The molecule has 0 aliphatic carbocycles. The molecular formula is C33H24ClN3O3. The maximum Gasteiger partial charge on any atom is 0.333 e. The fourth-order valence-corrected chi connectivity index (χ4v) is 5.42. The summed E-state index contributed by atoms with van der Waals surface area (Å²) in [7, 11) is 3.42. The van der Waals surface area contributed by atoms with E-state index >= 15 is 0 Å². The summed E-state index contributed by atoms with van der Waals surface area (Å²) in [6.07, 6.45) is 0. The third-order valence-corrected chi connectivity index (χ3v) is 7.35. The van der Waals surface area contributed by atoms with E-state index in [-0.39, 0.29) is 5.91 Å². The SMILES string of the molecule is CN(C)C(=O)c1cccc(-c2cccc(Cl)c2-c2ccc3c(=O)n(-c4cccc5ccccc45)c(=O)[nH]c3c2)c1. The molecule has 0 saturated carbocycles. The van der Waals surface area contributed by atoms with Crippen LogP contribution in [-0.4, -0.2) is 34.5 Å². The van der Waals surface area contributed by atoms with Crippen LogP contribution in [-0.2, 0) is 0 Å². The average molecular weight is 546 g/mol. The van der Waals surface area contributed by atoms with Gasteiger partial charge in [0, 0.05) is 35.6 Å². The van der Waals surface area contributed by atoms with Crippen LogP contribution in [0.2, 0.25) is 5.02 Å². The van der Waals surface area contributed by atoms with E-state index in [0.29, 0.717) is 27.2 Å². The Labute approximate surface area is 234 Å². The van der Waals surface area contributed by atoms with Crippen LogP contribution in [0.15, 0.2) is 113 Å². The molecule has 0 bridgehead atoms. The van der Waals surface area contributed by atoms with Gasteiger partial charge < -0.3 is 9.88 Å². The molecule has 1 amide bonds. The minimum absolute atomic E-state index is 0.101. The first kappa shape index (κ1) is 25.3. The molecule has 40 heavy (non-hydrogen) atoms. The quantitative estimate of drug-likeness (QED) is 0.274. The molecule has 0 aliphatic heterocycles. The normalized spacial score (nSPS) is 11.2. The average Bonchev–Trinajstić information content (AvgIpc) is 2.96. The third kappa shape index (κ3) is 4.28. The molecule has 1 heterocycles. The molecule has 6 rings (SSSR count). The van der Waals surface area contributed by atoms with Gasteiger partial charge in [-0.1, -0.05) is 78.3 Å². The van der Waals surface area contributed by atoms with Gasteiger partial charge in [-0.3, -0.25) is 9.59 Å². The van der Waals surface area contributed by atoms with Gasteiger partial charge in [0.1, 0.15) is 0 Å². The van der Waals surface area contributed by atoms with Crippen LogP contribution in [0.25, 0.3) is 49.6 Å². The number of nitrogens with zero attached hydrogens (tertiary/aromatic N) is 2. The second-order valence-electron chi connectivity index (χ2n) is 9.77. The van der Waals surface area contributed by atoms with Gasteiger partial charge >= 0.3 is 5.69 Å². The largest absolute Gasteiger partial charge is 0.345 e. The van der Waals surface area contributed by atoms with Crippen molar-refractivity contribution in [3.05, 3.63) is 135 Å². The number of amides is 1. The van der Waals surface area contributed by atoms with Crippen LogP contribution in [0.3, 0.4) is 0 Å². The minimum Gasteiger partial charge on any atom is -0.345 e. The maximum atomic E-state index is 13.6. The van der Waals surface area contributed by atoms with E-state index in [0.717, 1.165) is 33.0 Å². The first-order valence-electron chi connectivity index (χ1n) is 12.7. The summed E-state index contributed by atoms with van der Waals surface area (Å²) in [5.74, 6) is -0.101. The Balaban J connectivity index is 1.52. The van der Waals surface area contributed by atoms with Gasteiger partial charge in [-0.25, -0.2) is 9.36 Å². The molecule has 0 aliphatic rings. The van der Waals surface area contributed by atoms with Crippen molar-refractivity contribution in [3.63, 3.8) is 0 Å². The summed E-state index contributed by atoms with van der Waals surface area (Å²) in [6, 6.07) is 31.4. The number of benzene rings is 5. The van der Waals surface area contributed by atoms with Crippen molar-refractivity contribution >= 4 is 39.2 Å². The number of hydrogen-bond acceptors (Lipinski definition) is 3. The Kier molecular flexibility index (Phi) is 6.33. The Morgan fingerprint density at radius 1 is 0.775 bits per heavy atom. The van der Waals surface area contributed by atoms with Gasteiger partial charge in [-0.15, -0.1) is 0 Å². The zero-order valence-electron chi connectivity index (χ0n) is 21.8. The number of carbonyl (C=O) groups is 1. The van der Waals surface area contributed by atoms with E-state index in [9.17, 15) is 14.4 Å². The number of H-pyrrole nitrogens is 1. The van der Waals surface area contributed by atoms with Crippen LogP contribution in [0, 0.1) is 0 Å². The number of fused-ring (bicyclic) bond motifs is 2. The highest BCUT2D eigenvalue weighted by Gasteiger charge is 2.17. The number of nitrogens with one attached hydrogen (secondary N) is 1. The molecule has 0 saturated heterocycles. The zero-order valence-corrected chi connectivity index (χ0v) is 22.6. The molecule has 0 atom stereocenters. The number of carbonyl (C=O) groups excluding carboxylic acids is 1. The third-order valence-electron chi connectivity index (χ3n) is 7.03. The summed E-state index contributed by atoms with van der Waals surface area (Å²) in [5, 5.41) is 2.63. The molecule has 1 N–H and O–H groups in total. The number of rotatable bonds is 4. The highest BCUT2D eigenvalue weighted by molar-refractivity contribution is 6.34. The summed E-state index contributed by atoms with van der Waals surface area (Å²) < 4.78 is 1.18. The highest BCUT2D eigenvalue weighted by Crippen LogP contribution is 2.38. The maximum absolute atomic E-state index is 13.6. The van der Waals surface area contributed by atoms with Crippen molar-refractivity contribution in [1.82, 2.24) is 14.5 Å². The van der Waals surface area contributed by atoms with Crippen molar-refractivity contribution in [2.45, 2.75) is 0 Å². The van der Waals surface area contributed by atoms with Crippen molar-refractivity contribution in [2.24, 2.45) is 0 Å². The number of hydrogen-bond donors (Lipinski definition) is 1. The molecule has 7 heteroatoms. The minimum atomic E-state index is -0.528. The van der Waals surface area contributed by atoms with Crippen LogP contribution < -0.4 is 11.2 Å². The molecule has 5 aromatic carbocycles. The van der Waals surface area contributed by atoms with E-state index < -0.39 is 11.2 Å². The second-order valence-corrected chi connectivity index (χ2v) is 10.2. The Bertz CT molecular complexity index is 2070. The molecule has 0 spiro atoms. The van der Waals surface area contributed by atoms with Gasteiger partial charge in [-0.2, -0.15) is 0 Å². The Morgan fingerprint density at radius 2 is 1.52 bits per heavy atom. The topological polar surface area (TPSA) is 75.2 Å². The fourth-order valence-electron chi connectivity index (χ4n) is 5.13. The summed E-state index contributed by atoms with van der Waals surface area (Å²) in [4.78, 5) is 44.0. The first-order chi connectivity index (χ1) is 19.3. The van der Waals surface area contributed by atoms with Crippen molar-refractivity contribution in [2.75, 3.05) is 14.1 Å². The van der Waals surface area contributed by atoms with Crippen molar-refractivity contribution < 1.29 is 4.79 Å². The van der Waals surface area contributed by atoms with Crippen LogP contribution in [0.5, 0.6) is 0 Å². The molecule has 6 nitrogen and oxygen atoms in total. The molecule has 6 aromatic rings. The van der Waals surface area contributed by atoms with Gasteiger partial charge in [0.15, 0.2) is 0 Å². The highest BCUT2D eigenvalue weighted by atomic mass is 35.5. The number of aromatic amines is 1.